The first-order valence-corrected chi connectivity index (χ1v) is 5.86. The molecule has 3 nitrogen and oxygen atoms in total. The molecule has 1 amide bonds. The predicted octanol–water partition coefficient (Wildman–Crippen LogP) is 2.92. The second kappa shape index (κ2) is 4.49. The van der Waals surface area contributed by atoms with Crippen molar-refractivity contribution in [1.29, 1.82) is 0 Å². The number of carbonyl (C=O) groups is 1. The van der Waals surface area contributed by atoms with E-state index in [0.717, 1.165) is 17.3 Å². The van der Waals surface area contributed by atoms with Gasteiger partial charge in [0.25, 0.3) is 5.91 Å². The van der Waals surface area contributed by atoms with E-state index in [2.05, 4.69) is 4.99 Å². The molecule has 1 aliphatic rings. The average molecular weight is 273 g/mol. The third-order valence-corrected chi connectivity index (χ3v) is 3.43. The minimum absolute atomic E-state index is 0.260. The number of amidine groups is 1. The molecular formula is C10H6Cl2N2OS. The van der Waals surface area contributed by atoms with Crippen LogP contribution in [0.2, 0.25) is 10.0 Å². The molecule has 6 heteroatoms. The van der Waals surface area contributed by atoms with Crippen molar-refractivity contribution < 1.29 is 4.79 Å². The number of hydrogen-bond acceptors (Lipinski definition) is 3. The minimum Gasteiger partial charge on any atom is -0.378 e. The van der Waals surface area contributed by atoms with Gasteiger partial charge in [-0.1, -0.05) is 29.3 Å². The van der Waals surface area contributed by atoms with Crippen LogP contribution in [0.3, 0.4) is 0 Å². The standard InChI is InChI=1S/C10H6Cl2N2OS/c11-6-2-1-5(3-7(6)12)4-8-9(15)14-10(13)16-8/h1-4H,(H2,13,14,15)/b8-4+. The quantitative estimate of drug-likeness (QED) is 0.800. The van der Waals surface area contributed by atoms with E-state index >= 15 is 0 Å². The molecule has 0 bridgehead atoms. The first kappa shape index (κ1) is 11.5. The summed E-state index contributed by atoms with van der Waals surface area (Å²) in [6.07, 6.45) is 1.68. The van der Waals surface area contributed by atoms with Crippen LogP contribution in [0.5, 0.6) is 0 Å². The van der Waals surface area contributed by atoms with Gasteiger partial charge in [0.2, 0.25) is 0 Å². The summed E-state index contributed by atoms with van der Waals surface area (Å²) in [6.45, 7) is 0. The van der Waals surface area contributed by atoms with Crippen LogP contribution in [-0.4, -0.2) is 11.1 Å². The summed E-state index contributed by atoms with van der Waals surface area (Å²) >= 11 is 12.8. The van der Waals surface area contributed by atoms with Gasteiger partial charge in [-0.25, -0.2) is 0 Å². The number of amides is 1. The molecule has 0 atom stereocenters. The van der Waals surface area contributed by atoms with E-state index < -0.39 is 0 Å². The summed E-state index contributed by atoms with van der Waals surface area (Å²) in [6, 6.07) is 5.12. The van der Waals surface area contributed by atoms with Crippen molar-refractivity contribution in [3.05, 3.63) is 38.7 Å². The Morgan fingerprint density at radius 2 is 2.06 bits per heavy atom. The Morgan fingerprint density at radius 1 is 1.31 bits per heavy atom. The van der Waals surface area contributed by atoms with Gasteiger partial charge >= 0.3 is 0 Å². The van der Waals surface area contributed by atoms with Crippen molar-refractivity contribution in [3.63, 3.8) is 0 Å². The van der Waals surface area contributed by atoms with Gasteiger partial charge in [-0.3, -0.25) is 4.79 Å². The van der Waals surface area contributed by atoms with Crippen molar-refractivity contribution >= 4 is 52.1 Å². The number of carbonyl (C=O) groups excluding carboxylic acids is 1. The van der Waals surface area contributed by atoms with Crippen LogP contribution in [0.1, 0.15) is 5.56 Å². The number of thioether (sulfide) groups is 1. The molecule has 2 N–H and O–H groups in total. The van der Waals surface area contributed by atoms with E-state index in [1.807, 2.05) is 0 Å². The molecule has 1 aromatic carbocycles. The lowest BCUT2D eigenvalue weighted by Gasteiger charge is -1.98. The molecule has 82 valence electrons. The lowest BCUT2D eigenvalue weighted by atomic mass is 10.2. The lowest BCUT2D eigenvalue weighted by molar-refractivity contribution is -0.113. The summed E-state index contributed by atoms with van der Waals surface area (Å²) < 4.78 is 0. The fraction of sp³-hybridized carbons (Fsp3) is 0. The van der Waals surface area contributed by atoms with Gasteiger partial charge in [0.1, 0.15) is 0 Å². The molecule has 0 radical (unpaired) electrons. The Balaban J connectivity index is 2.31. The fourth-order valence-electron chi connectivity index (χ4n) is 1.18. The highest BCUT2D eigenvalue weighted by molar-refractivity contribution is 8.18. The first-order chi connectivity index (χ1) is 7.56. The van der Waals surface area contributed by atoms with Crippen LogP contribution in [0.4, 0.5) is 0 Å². The summed E-state index contributed by atoms with van der Waals surface area (Å²) in [4.78, 5) is 15.4. The van der Waals surface area contributed by atoms with Crippen LogP contribution in [0.25, 0.3) is 6.08 Å². The molecule has 2 rings (SSSR count). The monoisotopic (exact) mass is 272 g/mol. The maximum absolute atomic E-state index is 11.3. The molecule has 16 heavy (non-hydrogen) atoms. The zero-order valence-electron chi connectivity index (χ0n) is 7.91. The molecule has 0 aliphatic carbocycles. The lowest BCUT2D eigenvalue weighted by Crippen LogP contribution is -2.01. The maximum Gasteiger partial charge on any atom is 0.286 e. The van der Waals surface area contributed by atoms with Crippen LogP contribution in [0.15, 0.2) is 28.1 Å². The van der Waals surface area contributed by atoms with E-state index in [1.165, 1.54) is 0 Å². The van der Waals surface area contributed by atoms with Gasteiger partial charge in [-0.15, -0.1) is 0 Å². The van der Waals surface area contributed by atoms with Gasteiger partial charge in [0.15, 0.2) is 5.17 Å². The first-order valence-electron chi connectivity index (χ1n) is 4.29. The molecule has 0 saturated carbocycles. The van der Waals surface area contributed by atoms with E-state index in [1.54, 1.807) is 24.3 Å². The molecule has 0 spiro atoms. The average Bonchev–Trinajstić information content (AvgIpc) is 2.51. The summed E-state index contributed by atoms with van der Waals surface area (Å²) in [5.74, 6) is -0.325. The number of halogens is 2. The zero-order valence-corrected chi connectivity index (χ0v) is 10.2. The number of nitrogens with zero attached hydrogens (tertiary/aromatic N) is 1. The number of benzene rings is 1. The normalized spacial score (nSPS) is 18.0. The van der Waals surface area contributed by atoms with Crippen molar-refractivity contribution in [1.82, 2.24) is 0 Å². The highest BCUT2D eigenvalue weighted by Crippen LogP contribution is 2.28. The summed E-state index contributed by atoms with van der Waals surface area (Å²) in [5, 5.41) is 1.18. The van der Waals surface area contributed by atoms with Crippen molar-refractivity contribution in [2.75, 3.05) is 0 Å². The van der Waals surface area contributed by atoms with Gasteiger partial charge < -0.3 is 5.73 Å². The van der Waals surface area contributed by atoms with Gasteiger partial charge in [0, 0.05) is 0 Å². The van der Waals surface area contributed by atoms with Crippen LogP contribution < -0.4 is 5.73 Å². The van der Waals surface area contributed by atoms with Crippen LogP contribution >= 0.6 is 35.0 Å². The van der Waals surface area contributed by atoms with Crippen molar-refractivity contribution in [2.24, 2.45) is 10.7 Å². The number of aliphatic imine (C=N–C) groups is 1. The van der Waals surface area contributed by atoms with Gasteiger partial charge in [-0.2, -0.15) is 4.99 Å². The molecular weight excluding hydrogens is 267 g/mol. The molecule has 0 fully saturated rings. The largest absolute Gasteiger partial charge is 0.378 e. The Bertz CT molecular complexity index is 526. The van der Waals surface area contributed by atoms with Crippen molar-refractivity contribution in [3.8, 4) is 0 Å². The predicted molar refractivity (Wildman–Crippen MR) is 68.7 cm³/mol. The SMILES string of the molecule is NC1=NC(=O)/C(=C\c2ccc(Cl)c(Cl)c2)S1. The van der Waals surface area contributed by atoms with Gasteiger partial charge in [0.05, 0.1) is 15.0 Å². The smallest absolute Gasteiger partial charge is 0.286 e. The third-order valence-electron chi connectivity index (χ3n) is 1.88. The Labute approximate surface area is 106 Å². The molecule has 1 aliphatic heterocycles. The van der Waals surface area contributed by atoms with Crippen molar-refractivity contribution in [2.45, 2.75) is 0 Å². The molecule has 0 aromatic heterocycles. The second-order valence-corrected chi connectivity index (χ2v) is 4.92. The van der Waals surface area contributed by atoms with E-state index in [-0.39, 0.29) is 11.1 Å². The molecule has 0 saturated heterocycles. The Kier molecular flexibility index (Phi) is 3.23. The second-order valence-electron chi connectivity index (χ2n) is 3.04. The molecule has 1 aromatic rings. The van der Waals surface area contributed by atoms with E-state index in [9.17, 15) is 4.79 Å². The molecule has 1 heterocycles. The van der Waals surface area contributed by atoms with Crippen LogP contribution in [0, 0.1) is 0 Å². The Morgan fingerprint density at radius 3 is 2.62 bits per heavy atom. The zero-order chi connectivity index (χ0) is 11.7. The Hall–Kier alpha value is -0.970. The van der Waals surface area contributed by atoms with Crippen LogP contribution in [-0.2, 0) is 4.79 Å². The third kappa shape index (κ3) is 2.40. The summed E-state index contributed by atoms with van der Waals surface area (Å²) in [5.41, 5.74) is 6.21. The number of nitrogens with two attached hydrogens (primary N) is 1. The number of hydrogen-bond donors (Lipinski definition) is 1. The van der Waals surface area contributed by atoms with E-state index in [4.69, 9.17) is 28.9 Å². The maximum atomic E-state index is 11.3. The highest BCUT2D eigenvalue weighted by Gasteiger charge is 2.19. The van der Waals surface area contributed by atoms with E-state index in [0.29, 0.717) is 15.0 Å². The topological polar surface area (TPSA) is 55.4 Å². The fourth-order valence-corrected chi connectivity index (χ4v) is 2.17. The highest BCUT2D eigenvalue weighted by atomic mass is 35.5. The minimum atomic E-state index is -0.325. The summed E-state index contributed by atoms with van der Waals surface area (Å²) in [7, 11) is 0. The molecule has 0 unspecified atom stereocenters. The van der Waals surface area contributed by atoms with Gasteiger partial charge in [-0.05, 0) is 35.5 Å². The number of rotatable bonds is 1.